The third kappa shape index (κ3) is 4.18. The van der Waals surface area contributed by atoms with Crippen molar-refractivity contribution in [3.63, 3.8) is 0 Å². The lowest BCUT2D eigenvalue weighted by Gasteiger charge is -2.26. The van der Waals surface area contributed by atoms with Gasteiger partial charge in [0.05, 0.1) is 24.2 Å². The lowest BCUT2D eigenvalue weighted by atomic mass is 10.2. The number of benzene rings is 2. The van der Waals surface area contributed by atoms with Crippen LogP contribution in [-0.2, 0) is 4.74 Å². The summed E-state index contributed by atoms with van der Waals surface area (Å²) in [4.78, 5) is 19.1. The number of morpholine rings is 1. The average molecular weight is 364 g/mol. The zero-order valence-corrected chi connectivity index (χ0v) is 15.3. The predicted octanol–water partition coefficient (Wildman–Crippen LogP) is 2.48. The molecule has 0 saturated carbocycles. The standard InChI is InChI=1S/C21H24N4O2/c26-21(22-10-3-11-24-12-14-27-15-13-24)17-6-8-18(9-7-17)25-16-23-19-4-1-2-5-20(19)25/h1-2,4-9,16H,3,10-15H2,(H,22,26). The maximum Gasteiger partial charge on any atom is 0.251 e. The third-order valence-electron chi connectivity index (χ3n) is 4.90. The number of nitrogens with zero attached hydrogens (tertiary/aromatic N) is 3. The largest absolute Gasteiger partial charge is 0.379 e. The van der Waals surface area contributed by atoms with Gasteiger partial charge in [-0.25, -0.2) is 4.98 Å². The van der Waals surface area contributed by atoms with Crippen LogP contribution in [0.5, 0.6) is 0 Å². The van der Waals surface area contributed by atoms with Crippen LogP contribution in [0.25, 0.3) is 16.7 Å². The number of imidazole rings is 1. The fraction of sp³-hybridized carbons (Fsp3) is 0.333. The number of hydrogen-bond acceptors (Lipinski definition) is 4. The van der Waals surface area contributed by atoms with Crippen molar-refractivity contribution >= 4 is 16.9 Å². The van der Waals surface area contributed by atoms with E-state index in [1.807, 2.05) is 59.4 Å². The predicted molar refractivity (Wildman–Crippen MR) is 105 cm³/mol. The molecule has 3 aromatic rings. The Morgan fingerprint density at radius 1 is 1.07 bits per heavy atom. The minimum Gasteiger partial charge on any atom is -0.379 e. The smallest absolute Gasteiger partial charge is 0.251 e. The second-order valence-corrected chi connectivity index (χ2v) is 6.71. The van der Waals surface area contributed by atoms with Gasteiger partial charge in [-0.3, -0.25) is 14.3 Å². The molecule has 2 aromatic carbocycles. The number of amides is 1. The quantitative estimate of drug-likeness (QED) is 0.683. The van der Waals surface area contributed by atoms with E-state index >= 15 is 0 Å². The first-order valence-corrected chi connectivity index (χ1v) is 9.42. The van der Waals surface area contributed by atoms with Crippen LogP contribution in [0.1, 0.15) is 16.8 Å². The number of para-hydroxylation sites is 2. The number of carbonyl (C=O) groups is 1. The van der Waals surface area contributed by atoms with Crippen molar-refractivity contribution in [1.29, 1.82) is 0 Å². The summed E-state index contributed by atoms with van der Waals surface area (Å²) in [5.41, 5.74) is 3.68. The second-order valence-electron chi connectivity index (χ2n) is 6.71. The van der Waals surface area contributed by atoms with Crippen LogP contribution in [-0.4, -0.2) is 59.8 Å². The van der Waals surface area contributed by atoms with E-state index in [0.29, 0.717) is 12.1 Å². The molecule has 6 nitrogen and oxygen atoms in total. The van der Waals surface area contributed by atoms with Gasteiger partial charge in [0.25, 0.3) is 5.91 Å². The molecule has 0 aliphatic carbocycles. The van der Waals surface area contributed by atoms with Crippen molar-refractivity contribution in [2.24, 2.45) is 0 Å². The molecule has 4 rings (SSSR count). The van der Waals surface area contributed by atoms with Crippen LogP contribution in [0.15, 0.2) is 54.9 Å². The zero-order valence-electron chi connectivity index (χ0n) is 15.3. The summed E-state index contributed by atoms with van der Waals surface area (Å²) in [7, 11) is 0. The van der Waals surface area contributed by atoms with Gasteiger partial charge in [-0.05, 0) is 49.4 Å². The van der Waals surface area contributed by atoms with Gasteiger partial charge in [0, 0.05) is 30.9 Å². The van der Waals surface area contributed by atoms with E-state index in [9.17, 15) is 4.79 Å². The van der Waals surface area contributed by atoms with Gasteiger partial charge < -0.3 is 10.1 Å². The average Bonchev–Trinajstić information content (AvgIpc) is 3.16. The highest BCUT2D eigenvalue weighted by Crippen LogP contribution is 2.18. The SMILES string of the molecule is O=C(NCCCN1CCOCC1)c1ccc(-n2cnc3ccccc32)cc1. The highest BCUT2D eigenvalue weighted by molar-refractivity contribution is 5.94. The number of carbonyl (C=O) groups excluding carboxylic acids is 1. The Morgan fingerprint density at radius 3 is 2.67 bits per heavy atom. The Kier molecular flexibility index (Phi) is 5.46. The molecule has 1 aliphatic rings. The lowest BCUT2D eigenvalue weighted by Crippen LogP contribution is -2.38. The fourth-order valence-corrected chi connectivity index (χ4v) is 3.37. The van der Waals surface area contributed by atoms with Crippen LogP contribution >= 0.6 is 0 Å². The Bertz CT molecular complexity index is 898. The maximum absolute atomic E-state index is 12.3. The summed E-state index contributed by atoms with van der Waals surface area (Å²) < 4.78 is 7.37. The van der Waals surface area contributed by atoms with Gasteiger partial charge in [-0.2, -0.15) is 0 Å². The molecule has 2 heterocycles. The number of aromatic nitrogens is 2. The summed E-state index contributed by atoms with van der Waals surface area (Å²) in [5, 5.41) is 3.01. The number of hydrogen-bond donors (Lipinski definition) is 1. The summed E-state index contributed by atoms with van der Waals surface area (Å²) in [5.74, 6) is -0.0287. The molecule has 1 fully saturated rings. The van der Waals surface area contributed by atoms with Crippen LogP contribution in [0.2, 0.25) is 0 Å². The minimum atomic E-state index is -0.0287. The van der Waals surface area contributed by atoms with Crippen molar-refractivity contribution in [3.8, 4) is 5.69 Å². The molecule has 1 saturated heterocycles. The number of nitrogens with one attached hydrogen (secondary N) is 1. The molecule has 0 unspecified atom stereocenters. The van der Waals surface area contributed by atoms with E-state index in [4.69, 9.17) is 4.74 Å². The van der Waals surface area contributed by atoms with Crippen molar-refractivity contribution in [3.05, 3.63) is 60.4 Å². The second kappa shape index (κ2) is 8.33. The topological polar surface area (TPSA) is 59.4 Å². The van der Waals surface area contributed by atoms with Gasteiger partial charge in [0.1, 0.15) is 6.33 Å². The molecule has 0 radical (unpaired) electrons. The molecule has 1 N–H and O–H groups in total. The summed E-state index contributed by atoms with van der Waals surface area (Å²) in [6, 6.07) is 15.6. The molecule has 1 amide bonds. The molecule has 0 spiro atoms. The summed E-state index contributed by atoms with van der Waals surface area (Å²) >= 11 is 0. The maximum atomic E-state index is 12.3. The Hall–Kier alpha value is -2.70. The molecule has 6 heteroatoms. The van der Waals surface area contributed by atoms with E-state index in [2.05, 4.69) is 15.2 Å². The van der Waals surface area contributed by atoms with Crippen molar-refractivity contribution in [1.82, 2.24) is 19.8 Å². The van der Waals surface area contributed by atoms with E-state index in [0.717, 1.165) is 56.0 Å². The molecule has 0 atom stereocenters. The van der Waals surface area contributed by atoms with Crippen LogP contribution in [0, 0.1) is 0 Å². The fourth-order valence-electron chi connectivity index (χ4n) is 3.37. The summed E-state index contributed by atoms with van der Waals surface area (Å²) in [6.07, 6.45) is 2.76. The van der Waals surface area contributed by atoms with E-state index in [1.165, 1.54) is 0 Å². The first-order valence-electron chi connectivity index (χ1n) is 9.42. The van der Waals surface area contributed by atoms with Crippen molar-refractivity contribution in [2.45, 2.75) is 6.42 Å². The zero-order chi connectivity index (χ0) is 18.5. The van der Waals surface area contributed by atoms with E-state index in [-0.39, 0.29) is 5.91 Å². The van der Waals surface area contributed by atoms with E-state index in [1.54, 1.807) is 0 Å². The first-order chi connectivity index (χ1) is 13.3. The first kappa shape index (κ1) is 17.7. The van der Waals surface area contributed by atoms with Gasteiger partial charge in [0.15, 0.2) is 0 Å². The van der Waals surface area contributed by atoms with Gasteiger partial charge in [-0.15, -0.1) is 0 Å². The molecule has 27 heavy (non-hydrogen) atoms. The van der Waals surface area contributed by atoms with Crippen LogP contribution in [0.3, 0.4) is 0 Å². The normalized spacial score (nSPS) is 15.1. The molecular formula is C21H24N4O2. The van der Waals surface area contributed by atoms with Crippen molar-refractivity contribution in [2.75, 3.05) is 39.4 Å². The highest BCUT2D eigenvalue weighted by atomic mass is 16.5. The van der Waals surface area contributed by atoms with Crippen molar-refractivity contribution < 1.29 is 9.53 Å². The number of fused-ring (bicyclic) bond motifs is 1. The Balaban J connectivity index is 1.32. The Morgan fingerprint density at radius 2 is 1.85 bits per heavy atom. The van der Waals surface area contributed by atoms with Gasteiger partial charge in [-0.1, -0.05) is 12.1 Å². The number of ether oxygens (including phenoxy) is 1. The molecule has 140 valence electrons. The molecule has 0 bridgehead atoms. The van der Waals surface area contributed by atoms with Crippen LogP contribution in [0.4, 0.5) is 0 Å². The van der Waals surface area contributed by atoms with E-state index < -0.39 is 0 Å². The molecule has 1 aromatic heterocycles. The minimum absolute atomic E-state index is 0.0287. The highest BCUT2D eigenvalue weighted by Gasteiger charge is 2.10. The summed E-state index contributed by atoms with van der Waals surface area (Å²) in [6.45, 7) is 5.27. The van der Waals surface area contributed by atoms with Crippen LogP contribution < -0.4 is 5.32 Å². The van der Waals surface area contributed by atoms with Gasteiger partial charge in [0.2, 0.25) is 0 Å². The molecule has 1 aliphatic heterocycles. The van der Waals surface area contributed by atoms with Gasteiger partial charge >= 0.3 is 0 Å². The number of rotatable bonds is 6. The third-order valence-corrected chi connectivity index (χ3v) is 4.90. The lowest BCUT2D eigenvalue weighted by molar-refractivity contribution is 0.0374. The molecular weight excluding hydrogens is 340 g/mol. The Labute approximate surface area is 158 Å². The monoisotopic (exact) mass is 364 g/mol.